The molecule has 4 nitrogen and oxygen atoms in total. The molecule has 82 valence electrons. The van der Waals surface area contributed by atoms with Crippen molar-refractivity contribution in [3.05, 3.63) is 42.2 Å². The predicted octanol–water partition coefficient (Wildman–Crippen LogP) is 2.12. The third-order valence-corrected chi connectivity index (χ3v) is 2.55. The first kappa shape index (κ1) is 9.57. The normalized spacial score (nSPS) is 16.8. The number of aromatic amines is 1. The molecule has 1 aliphatic heterocycles. The van der Waals surface area contributed by atoms with Gasteiger partial charge in [0.15, 0.2) is 6.29 Å². The van der Waals surface area contributed by atoms with Gasteiger partial charge in [-0.25, -0.2) is 0 Å². The van der Waals surface area contributed by atoms with Crippen molar-refractivity contribution in [2.24, 2.45) is 0 Å². The zero-order valence-electron chi connectivity index (χ0n) is 8.72. The summed E-state index contributed by atoms with van der Waals surface area (Å²) in [5.41, 5.74) is 2.90. The SMILES string of the molecule is c1c[nH]c(-c2ccc(C3OCCO3)cn2)c1. The molecule has 0 aliphatic carbocycles. The van der Waals surface area contributed by atoms with Crippen LogP contribution < -0.4 is 0 Å². The van der Waals surface area contributed by atoms with E-state index in [2.05, 4.69) is 9.97 Å². The Kier molecular flexibility index (Phi) is 2.44. The minimum absolute atomic E-state index is 0.245. The van der Waals surface area contributed by atoms with E-state index < -0.39 is 0 Å². The maximum atomic E-state index is 5.40. The van der Waals surface area contributed by atoms with E-state index in [9.17, 15) is 0 Å². The van der Waals surface area contributed by atoms with Gasteiger partial charge >= 0.3 is 0 Å². The minimum Gasteiger partial charge on any atom is -0.360 e. The van der Waals surface area contributed by atoms with Crippen LogP contribution in [0.4, 0.5) is 0 Å². The Bertz CT molecular complexity index is 444. The first-order valence-electron chi connectivity index (χ1n) is 5.26. The van der Waals surface area contributed by atoms with E-state index in [1.807, 2.05) is 30.5 Å². The maximum absolute atomic E-state index is 5.40. The highest BCUT2D eigenvalue weighted by atomic mass is 16.7. The number of rotatable bonds is 2. The second-order valence-electron chi connectivity index (χ2n) is 3.63. The van der Waals surface area contributed by atoms with E-state index in [0.717, 1.165) is 17.0 Å². The first-order valence-corrected chi connectivity index (χ1v) is 5.26. The zero-order chi connectivity index (χ0) is 10.8. The Balaban J connectivity index is 1.84. The summed E-state index contributed by atoms with van der Waals surface area (Å²) in [7, 11) is 0. The molecule has 0 spiro atoms. The highest BCUT2D eigenvalue weighted by Crippen LogP contribution is 2.24. The highest BCUT2D eigenvalue weighted by molar-refractivity contribution is 5.53. The van der Waals surface area contributed by atoms with Crippen molar-refractivity contribution in [2.75, 3.05) is 13.2 Å². The Morgan fingerprint density at radius 2 is 2.06 bits per heavy atom. The van der Waals surface area contributed by atoms with Gasteiger partial charge in [-0.2, -0.15) is 0 Å². The summed E-state index contributed by atoms with van der Waals surface area (Å²) in [6, 6.07) is 7.89. The topological polar surface area (TPSA) is 47.1 Å². The van der Waals surface area contributed by atoms with Crippen LogP contribution in [0.3, 0.4) is 0 Å². The van der Waals surface area contributed by atoms with Crippen molar-refractivity contribution in [1.82, 2.24) is 9.97 Å². The summed E-state index contributed by atoms with van der Waals surface area (Å²) in [5, 5.41) is 0. The Morgan fingerprint density at radius 3 is 2.69 bits per heavy atom. The van der Waals surface area contributed by atoms with Crippen molar-refractivity contribution in [3.8, 4) is 11.4 Å². The number of ether oxygens (including phenoxy) is 2. The molecule has 0 bridgehead atoms. The average molecular weight is 216 g/mol. The van der Waals surface area contributed by atoms with Gasteiger partial charge in [-0.3, -0.25) is 4.98 Å². The van der Waals surface area contributed by atoms with Crippen molar-refractivity contribution < 1.29 is 9.47 Å². The number of nitrogens with zero attached hydrogens (tertiary/aromatic N) is 1. The number of aromatic nitrogens is 2. The van der Waals surface area contributed by atoms with Crippen LogP contribution in [-0.2, 0) is 9.47 Å². The summed E-state index contributed by atoms with van der Waals surface area (Å²) in [4.78, 5) is 7.49. The molecule has 1 saturated heterocycles. The van der Waals surface area contributed by atoms with E-state index in [1.165, 1.54) is 0 Å². The van der Waals surface area contributed by atoms with Crippen LogP contribution in [-0.4, -0.2) is 23.2 Å². The van der Waals surface area contributed by atoms with Crippen LogP contribution in [0.5, 0.6) is 0 Å². The first-order chi connectivity index (χ1) is 7.93. The Morgan fingerprint density at radius 1 is 1.19 bits per heavy atom. The van der Waals surface area contributed by atoms with Crippen LogP contribution in [0.1, 0.15) is 11.9 Å². The number of pyridine rings is 1. The van der Waals surface area contributed by atoms with E-state index in [-0.39, 0.29) is 6.29 Å². The van der Waals surface area contributed by atoms with Gasteiger partial charge in [-0.15, -0.1) is 0 Å². The fourth-order valence-corrected chi connectivity index (χ4v) is 1.74. The van der Waals surface area contributed by atoms with Gasteiger partial charge in [0, 0.05) is 18.0 Å². The second-order valence-corrected chi connectivity index (χ2v) is 3.63. The van der Waals surface area contributed by atoms with E-state index in [0.29, 0.717) is 13.2 Å². The van der Waals surface area contributed by atoms with Gasteiger partial charge < -0.3 is 14.5 Å². The second kappa shape index (κ2) is 4.08. The quantitative estimate of drug-likeness (QED) is 0.836. The van der Waals surface area contributed by atoms with Crippen molar-refractivity contribution in [1.29, 1.82) is 0 Å². The third-order valence-electron chi connectivity index (χ3n) is 2.55. The maximum Gasteiger partial charge on any atom is 0.185 e. The lowest BCUT2D eigenvalue weighted by Gasteiger charge is -2.08. The molecule has 2 aromatic rings. The van der Waals surface area contributed by atoms with Gasteiger partial charge in [0.05, 0.1) is 24.6 Å². The van der Waals surface area contributed by atoms with E-state index in [1.54, 1.807) is 6.20 Å². The van der Waals surface area contributed by atoms with Crippen molar-refractivity contribution >= 4 is 0 Å². The molecule has 1 aliphatic rings. The van der Waals surface area contributed by atoms with Crippen LogP contribution >= 0.6 is 0 Å². The molecular formula is C12H12N2O2. The number of hydrogen-bond donors (Lipinski definition) is 1. The Hall–Kier alpha value is -1.65. The lowest BCUT2D eigenvalue weighted by molar-refractivity contribution is -0.0443. The van der Waals surface area contributed by atoms with Crippen molar-refractivity contribution in [2.45, 2.75) is 6.29 Å². The molecule has 1 fully saturated rings. The van der Waals surface area contributed by atoms with Crippen LogP contribution in [0.25, 0.3) is 11.4 Å². The van der Waals surface area contributed by atoms with Gasteiger partial charge in [0.1, 0.15) is 0 Å². The fraction of sp³-hybridized carbons (Fsp3) is 0.250. The zero-order valence-corrected chi connectivity index (χ0v) is 8.72. The summed E-state index contributed by atoms with van der Waals surface area (Å²) in [6.07, 6.45) is 3.44. The van der Waals surface area contributed by atoms with E-state index >= 15 is 0 Å². The molecule has 0 saturated carbocycles. The van der Waals surface area contributed by atoms with Crippen LogP contribution in [0, 0.1) is 0 Å². The largest absolute Gasteiger partial charge is 0.360 e. The molecule has 1 N–H and O–H groups in total. The summed E-state index contributed by atoms with van der Waals surface area (Å²) in [5.74, 6) is 0. The lowest BCUT2D eigenvalue weighted by Crippen LogP contribution is -1.98. The molecular weight excluding hydrogens is 204 g/mol. The third kappa shape index (κ3) is 1.73. The van der Waals surface area contributed by atoms with Gasteiger partial charge in [0.2, 0.25) is 0 Å². The Labute approximate surface area is 93.2 Å². The molecule has 2 aromatic heterocycles. The summed E-state index contributed by atoms with van der Waals surface area (Å²) in [6.45, 7) is 1.31. The number of nitrogens with one attached hydrogen (secondary N) is 1. The average Bonchev–Trinajstić information content (AvgIpc) is 3.03. The molecule has 16 heavy (non-hydrogen) atoms. The molecule has 4 heteroatoms. The molecule has 0 amide bonds. The standard InChI is InChI=1S/C12H12N2O2/c1-2-10(13-5-1)11-4-3-9(8-14-11)12-15-6-7-16-12/h1-5,8,12-13H,6-7H2. The van der Waals surface area contributed by atoms with Crippen molar-refractivity contribution in [3.63, 3.8) is 0 Å². The monoisotopic (exact) mass is 216 g/mol. The predicted molar refractivity (Wildman–Crippen MR) is 58.7 cm³/mol. The minimum atomic E-state index is -0.245. The smallest absolute Gasteiger partial charge is 0.185 e. The van der Waals surface area contributed by atoms with Crippen LogP contribution in [0.15, 0.2) is 36.7 Å². The molecule has 3 rings (SSSR count). The molecule has 0 radical (unpaired) electrons. The highest BCUT2D eigenvalue weighted by Gasteiger charge is 2.18. The van der Waals surface area contributed by atoms with Gasteiger partial charge in [-0.1, -0.05) is 6.07 Å². The van der Waals surface area contributed by atoms with Gasteiger partial charge in [0.25, 0.3) is 0 Å². The van der Waals surface area contributed by atoms with Crippen LogP contribution in [0.2, 0.25) is 0 Å². The summed E-state index contributed by atoms with van der Waals surface area (Å²) >= 11 is 0. The van der Waals surface area contributed by atoms with Gasteiger partial charge in [-0.05, 0) is 18.2 Å². The molecule has 3 heterocycles. The molecule has 0 unspecified atom stereocenters. The number of H-pyrrole nitrogens is 1. The molecule has 0 aromatic carbocycles. The summed E-state index contributed by atoms with van der Waals surface area (Å²) < 4.78 is 10.8. The fourth-order valence-electron chi connectivity index (χ4n) is 1.74. The number of hydrogen-bond acceptors (Lipinski definition) is 3. The van der Waals surface area contributed by atoms with E-state index in [4.69, 9.17) is 9.47 Å². The molecule has 0 atom stereocenters. The lowest BCUT2D eigenvalue weighted by atomic mass is 10.2.